The molecule has 2 N–H and O–H groups in total. The third-order valence-corrected chi connectivity index (χ3v) is 4.80. The summed E-state index contributed by atoms with van der Waals surface area (Å²) in [7, 11) is 0. The molecule has 0 saturated carbocycles. The highest BCUT2D eigenvalue weighted by atomic mass is 32.1. The van der Waals surface area contributed by atoms with Crippen molar-refractivity contribution in [2.24, 2.45) is 0 Å². The van der Waals surface area contributed by atoms with Crippen molar-refractivity contribution in [1.29, 1.82) is 0 Å². The van der Waals surface area contributed by atoms with E-state index in [1.54, 1.807) is 11.0 Å². The molecule has 0 spiro atoms. The fourth-order valence-corrected chi connectivity index (χ4v) is 3.70. The molecule has 120 valence electrons. The highest BCUT2D eigenvalue weighted by Gasteiger charge is 2.13. The van der Waals surface area contributed by atoms with Crippen LogP contribution in [0.15, 0.2) is 18.0 Å². The summed E-state index contributed by atoms with van der Waals surface area (Å²) < 4.78 is 1.76. The molecule has 0 unspecified atom stereocenters. The molecular weight excluding hydrogens is 334 g/mol. The van der Waals surface area contributed by atoms with Crippen molar-refractivity contribution >= 4 is 38.8 Å². The Balaban J connectivity index is 1.64. The largest absolute Gasteiger partial charge is 0.360 e. The van der Waals surface area contributed by atoms with Gasteiger partial charge in [0.15, 0.2) is 10.3 Å². The number of aryl methyl sites for hydroxylation is 1. The maximum atomic E-state index is 11.1. The summed E-state index contributed by atoms with van der Waals surface area (Å²) in [5.74, 6) is -0.126. The van der Waals surface area contributed by atoms with Crippen molar-refractivity contribution in [1.82, 2.24) is 24.7 Å². The van der Waals surface area contributed by atoms with E-state index in [0.29, 0.717) is 5.13 Å². The van der Waals surface area contributed by atoms with Crippen LogP contribution in [-0.2, 0) is 11.3 Å². The number of anilines is 2. The molecule has 3 heterocycles. The number of rotatable bonds is 6. The average molecular weight is 349 g/mol. The molecule has 1 amide bonds. The summed E-state index contributed by atoms with van der Waals surface area (Å²) in [5.41, 5.74) is 1.73. The molecule has 0 bridgehead atoms. The highest BCUT2D eigenvalue weighted by Crippen LogP contribution is 2.34. The van der Waals surface area contributed by atoms with E-state index in [0.717, 1.165) is 34.5 Å². The quantitative estimate of drug-likeness (QED) is 0.708. The number of nitrogens with one attached hydrogen (secondary N) is 2. The van der Waals surface area contributed by atoms with E-state index in [-0.39, 0.29) is 5.91 Å². The van der Waals surface area contributed by atoms with Gasteiger partial charge in [0.1, 0.15) is 12.7 Å². The molecule has 0 saturated heterocycles. The molecule has 0 aliphatic rings. The first-order chi connectivity index (χ1) is 11.1. The van der Waals surface area contributed by atoms with Gasteiger partial charge in [-0.15, -0.1) is 11.3 Å². The van der Waals surface area contributed by atoms with E-state index in [4.69, 9.17) is 0 Å². The fraction of sp³-hybridized carbons (Fsp3) is 0.308. The van der Waals surface area contributed by atoms with Gasteiger partial charge in [-0.05, 0) is 6.92 Å². The third kappa shape index (κ3) is 3.90. The second-order valence-corrected chi connectivity index (χ2v) is 6.60. The molecule has 0 aliphatic heterocycles. The molecule has 23 heavy (non-hydrogen) atoms. The zero-order valence-corrected chi connectivity index (χ0v) is 14.2. The summed E-state index contributed by atoms with van der Waals surface area (Å²) in [5, 5.41) is 13.4. The van der Waals surface area contributed by atoms with Crippen LogP contribution < -0.4 is 10.6 Å². The van der Waals surface area contributed by atoms with Crippen molar-refractivity contribution in [3.63, 3.8) is 0 Å². The van der Waals surface area contributed by atoms with Crippen molar-refractivity contribution in [3.05, 3.63) is 23.7 Å². The van der Waals surface area contributed by atoms with Crippen LogP contribution >= 0.6 is 22.7 Å². The summed E-state index contributed by atoms with van der Waals surface area (Å²) in [6.07, 6.45) is 3.19. The molecule has 3 aromatic heterocycles. The predicted octanol–water partition coefficient (Wildman–Crippen LogP) is 2.24. The van der Waals surface area contributed by atoms with E-state index in [2.05, 4.69) is 30.7 Å². The molecule has 3 aromatic rings. The molecule has 10 heteroatoms. The van der Waals surface area contributed by atoms with Gasteiger partial charge in [-0.1, -0.05) is 11.3 Å². The third-order valence-electron chi connectivity index (χ3n) is 2.90. The van der Waals surface area contributed by atoms with Gasteiger partial charge in [-0.2, -0.15) is 5.10 Å². The molecule has 0 atom stereocenters. The van der Waals surface area contributed by atoms with Gasteiger partial charge in [-0.25, -0.2) is 15.0 Å². The molecule has 0 aliphatic carbocycles. The van der Waals surface area contributed by atoms with Crippen LogP contribution in [0.2, 0.25) is 0 Å². The van der Waals surface area contributed by atoms with Crippen molar-refractivity contribution in [2.45, 2.75) is 20.4 Å². The fourth-order valence-electron chi connectivity index (χ4n) is 1.92. The number of thiazole rings is 2. The first kappa shape index (κ1) is 15.6. The molecular formula is C13H15N7OS2. The van der Waals surface area contributed by atoms with Crippen LogP contribution in [0.25, 0.3) is 10.6 Å². The van der Waals surface area contributed by atoms with Gasteiger partial charge in [0.05, 0.1) is 22.8 Å². The molecule has 0 aromatic carbocycles. The number of hydrogen-bond donors (Lipinski definition) is 2. The topological polar surface area (TPSA) is 97.6 Å². The van der Waals surface area contributed by atoms with Crippen molar-refractivity contribution < 1.29 is 4.79 Å². The monoisotopic (exact) mass is 349 g/mol. The normalized spacial score (nSPS) is 10.7. The Kier molecular flexibility index (Phi) is 4.63. The lowest BCUT2D eigenvalue weighted by molar-refractivity contribution is -0.114. The molecule has 0 fully saturated rings. The first-order valence-corrected chi connectivity index (χ1v) is 8.58. The van der Waals surface area contributed by atoms with Crippen LogP contribution in [0.1, 0.15) is 12.6 Å². The Morgan fingerprint density at radius 1 is 1.35 bits per heavy atom. The first-order valence-electron chi connectivity index (χ1n) is 6.89. The van der Waals surface area contributed by atoms with E-state index in [1.807, 2.05) is 12.3 Å². The highest BCUT2D eigenvalue weighted by molar-refractivity contribution is 7.19. The van der Waals surface area contributed by atoms with Crippen LogP contribution in [0.4, 0.5) is 10.3 Å². The molecule has 8 nitrogen and oxygen atoms in total. The van der Waals surface area contributed by atoms with Crippen LogP contribution in [0, 0.1) is 6.92 Å². The van der Waals surface area contributed by atoms with Gasteiger partial charge >= 0.3 is 0 Å². The number of nitrogens with zero attached hydrogens (tertiary/aromatic N) is 5. The summed E-state index contributed by atoms with van der Waals surface area (Å²) >= 11 is 2.96. The van der Waals surface area contributed by atoms with Gasteiger partial charge < -0.3 is 10.6 Å². The predicted molar refractivity (Wildman–Crippen MR) is 90.8 cm³/mol. The van der Waals surface area contributed by atoms with E-state index in [1.165, 1.54) is 35.9 Å². The van der Waals surface area contributed by atoms with E-state index < -0.39 is 0 Å². The summed E-state index contributed by atoms with van der Waals surface area (Å²) in [4.78, 5) is 24.9. The van der Waals surface area contributed by atoms with Gasteiger partial charge in [0.25, 0.3) is 0 Å². The molecule has 3 rings (SSSR count). The average Bonchev–Trinajstić information content (AvgIpc) is 3.20. The second kappa shape index (κ2) is 6.84. The minimum atomic E-state index is -0.126. The summed E-state index contributed by atoms with van der Waals surface area (Å²) in [6, 6.07) is 0. The maximum Gasteiger partial charge on any atom is 0.223 e. The van der Waals surface area contributed by atoms with Gasteiger partial charge in [0.2, 0.25) is 5.91 Å². The Morgan fingerprint density at radius 3 is 2.96 bits per heavy atom. The standard InChI is InChI=1S/C13H15N7OS2/c1-8-11(23-13(17-8)18-9(2)21)10-5-22-12(19-10)15-3-4-20-7-14-6-16-20/h5-7H,3-4H2,1-2H3,(H,15,19)(H,17,18,21). The Bertz CT molecular complexity index is 793. The number of carbonyl (C=O) groups is 1. The lowest BCUT2D eigenvalue weighted by atomic mass is 10.3. The van der Waals surface area contributed by atoms with Crippen molar-refractivity contribution in [2.75, 3.05) is 17.2 Å². The summed E-state index contributed by atoms with van der Waals surface area (Å²) in [6.45, 7) is 4.82. The molecule has 0 radical (unpaired) electrons. The van der Waals surface area contributed by atoms with Crippen molar-refractivity contribution in [3.8, 4) is 10.6 Å². The Morgan fingerprint density at radius 2 is 2.22 bits per heavy atom. The zero-order chi connectivity index (χ0) is 16.2. The van der Waals surface area contributed by atoms with Crippen LogP contribution in [-0.4, -0.2) is 37.2 Å². The lowest BCUT2D eigenvalue weighted by Gasteiger charge is -2.01. The van der Waals surface area contributed by atoms with Gasteiger partial charge in [0, 0.05) is 18.8 Å². The second-order valence-electron chi connectivity index (χ2n) is 4.74. The van der Waals surface area contributed by atoms with E-state index >= 15 is 0 Å². The van der Waals surface area contributed by atoms with Gasteiger partial charge in [-0.3, -0.25) is 9.48 Å². The smallest absolute Gasteiger partial charge is 0.223 e. The number of aromatic nitrogens is 5. The number of amides is 1. The minimum absolute atomic E-state index is 0.126. The van der Waals surface area contributed by atoms with Crippen LogP contribution in [0.3, 0.4) is 0 Å². The van der Waals surface area contributed by atoms with E-state index in [9.17, 15) is 4.79 Å². The number of carbonyl (C=O) groups excluding carboxylic acids is 1. The SMILES string of the molecule is CC(=O)Nc1nc(C)c(-c2csc(NCCn3cncn3)n2)s1. The Hall–Kier alpha value is -2.33. The maximum absolute atomic E-state index is 11.1. The Labute approximate surface area is 140 Å². The number of hydrogen-bond acceptors (Lipinski definition) is 8. The minimum Gasteiger partial charge on any atom is -0.360 e. The lowest BCUT2D eigenvalue weighted by Crippen LogP contribution is -2.10. The zero-order valence-electron chi connectivity index (χ0n) is 12.6. The van der Waals surface area contributed by atoms with Crippen LogP contribution in [0.5, 0.6) is 0 Å².